The van der Waals surface area contributed by atoms with Crippen molar-refractivity contribution in [3.8, 4) is 0 Å². The zero-order valence-corrected chi connectivity index (χ0v) is 11.6. The van der Waals surface area contributed by atoms with Crippen molar-refractivity contribution in [2.24, 2.45) is 5.92 Å². The fourth-order valence-corrected chi connectivity index (χ4v) is 3.51. The molecule has 2 heterocycles. The number of carbonyl (C=O) groups is 1. The molecule has 0 spiro atoms. The first-order valence-electron chi connectivity index (χ1n) is 7.48. The molecule has 3 N–H and O–H groups in total. The topological polar surface area (TPSA) is 61.4 Å². The maximum absolute atomic E-state index is 12.1. The summed E-state index contributed by atoms with van der Waals surface area (Å²) in [5.41, 5.74) is 1.67. The number of amides is 1. The first kappa shape index (κ1) is 13.6. The number of nitrogens with one attached hydrogen (secondary N) is 2. The first-order valence-corrected chi connectivity index (χ1v) is 7.48. The Kier molecular flexibility index (Phi) is 4.03. The van der Waals surface area contributed by atoms with Gasteiger partial charge in [0, 0.05) is 24.2 Å². The highest BCUT2D eigenvalue weighted by Crippen LogP contribution is 2.32. The van der Waals surface area contributed by atoms with Gasteiger partial charge in [-0.05, 0) is 49.3 Å². The molecular weight excluding hydrogens is 252 g/mol. The fraction of sp³-hybridized carbons (Fsp3) is 0.562. The standard InChI is InChI=1S/C16H22N2O2/c19-10-11-1-3-13(4-2-11)18-16(20)9-12-7-14-5-6-15(8-12)17-14/h1-4,12,14-15,17,19H,5-10H2,(H,18,20). The molecule has 2 bridgehead atoms. The molecule has 1 aromatic carbocycles. The Morgan fingerprint density at radius 3 is 2.45 bits per heavy atom. The van der Waals surface area contributed by atoms with Gasteiger partial charge in [0.2, 0.25) is 5.91 Å². The molecule has 20 heavy (non-hydrogen) atoms. The molecule has 2 fully saturated rings. The number of hydrogen-bond donors (Lipinski definition) is 3. The molecule has 2 aliphatic heterocycles. The van der Waals surface area contributed by atoms with Crippen LogP contribution < -0.4 is 10.6 Å². The van der Waals surface area contributed by atoms with Gasteiger partial charge in [-0.15, -0.1) is 0 Å². The summed E-state index contributed by atoms with van der Waals surface area (Å²) in [4.78, 5) is 12.1. The average molecular weight is 274 g/mol. The van der Waals surface area contributed by atoms with E-state index >= 15 is 0 Å². The maximum atomic E-state index is 12.1. The summed E-state index contributed by atoms with van der Waals surface area (Å²) in [7, 11) is 0. The first-order chi connectivity index (χ1) is 9.72. The monoisotopic (exact) mass is 274 g/mol. The third-order valence-corrected chi connectivity index (χ3v) is 4.47. The Morgan fingerprint density at radius 1 is 1.20 bits per heavy atom. The number of piperidine rings is 1. The minimum absolute atomic E-state index is 0.0338. The van der Waals surface area contributed by atoms with E-state index in [4.69, 9.17) is 5.11 Å². The van der Waals surface area contributed by atoms with Crippen molar-refractivity contribution in [3.63, 3.8) is 0 Å². The second-order valence-electron chi connectivity index (χ2n) is 6.08. The van der Waals surface area contributed by atoms with Crippen LogP contribution in [0.5, 0.6) is 0 Å². The zero-order valence-electron chi connectivity index (χ0n) is 11.6. The van der Waals surface area contributed by atoms with Gasteiger partial charge in [0.25, 0.3) is 0 Å². The van der Waals surface area contributed by atoms with Crippen LogP contribution in [0, 0.1) is 5.92 Å². The van der Waals surface area contributed by atoms with Gasteiger partial charge in [0.05, 0.1) is 6.61 Å². The highest BCUT2D eigenvalue weighted by atomic mass is 16.3. The largest absolute Gasteiger partial charge is 0.392 e. The van der Waals surface area contributed by atoms with E-state index < -0.39 is 0 Å². The molecule has 4 heteroatoms. The van der Waals surface area contributed by atoms with Gasteiger partial charge in [-0.2, -0.15) is 0 Å². The summed E-state index contributed by atoms with van der Waals surface area (Å²) < 4.78 is 0. The van der Waals surface area contributed by atoms with Crippen LogP contribution in [-0.2, 0) is 11.4 Å². The average Bonchev–Trinajstić information content (AvgIpc) is 2.78. The smallest absolute Gasteiger partial charge is 0.224 e. The van der Waals surface area contributed by atoms with E-state index in [2.05, 4.69) is 10.6 Å². The molecule has 108 valence electrons. The summed E-state index contributed by atoms with van der Waals surface area (Å²) in [6.07, 6.45) is 5.42. The van der Waals surface area contributed by atoms with Gasteiger partial charge in [0.1, 0.15) is 0 Å². The number of anilines is 1. The number of aliphatic hydroxyl groups excluding tert-OH is 1. The van der Waals surface area contributed by atoms with Gasteiger partial charge < -0.3 is 15.7 Å². The number of carbonyl (C=O) groups excluding carboxylic acids is 1. The number of aliphatic hydroxyl groups is 1. The van der Waals surface area contributed by atoms with Gasteiger partial charge in [-0.25, -0.2) is 0 Å². The van der Waals surface area contributed by atoms with E-state index in [0.717, 1.165) is 24.1 Å². The van der Waals surface area contributed by atoms with Gasteiger partial charge in [-0.1, -0.05) is 12.1 Å². The SMILES string of the molecule is O=C(CC1CC2CCC(C1)N2)Nc1ccc(CO)cc1. The van der Waals surface area contributed by atoms with Crippen LogP contribution in [0.1, 0.15) is 37.7 Å². The summed E-state index contributed by atoms with van der Waals surface area (Å²) in [5, 5.41) is 15.5. The molecule has 1 aromatic rings. The molecule has 2 aliphatic rings. The van der Waals surface area contributed by atoms with E-state index in [-0.39, 0.29) is 12.5 Å². The van der Waals surface area contributed by atoms with Crippen LogP contribution in [0.4, 0.5) is 5.69 Å². The van der Waals surface area contributed by atoms with E-state index in [1.54, 1.807) is 0 Å². The van der Waals surface area contributed by atoms with Crippen LogP contribution in [-0.4, -0.2) is 23.1 Å². The minimum atomic E-state index is 0.0338. The molecule has 0 aromatic heterocycles. The second-order valence-corrected chi connectivity index (χ2v) is 6.08. The van der Waals surface area contributed by atoms with Crippen molar-refractivity contribution >= 4 is 11.6 Å². The van der Waals surface area contributed by atoms with Gasteiger partial charge in [-0.3, -0.25) is 4.79 Å². The minimum Gasteiger partial charge on any atom is -0.392 e. The third kappa shape index (κ3) is 3.19. The summed E-state index contributed by atoms with van der Waals surface area (Å²) >= 11 is 0. The van der Waals surface area contributed by atoms with E-state index in [0.29, 0.717) is 24.4 Å². The molecule has 0 radical (unpaired) electrons. The molecule has 0 aliphatic carbocycles. The fourth-order valence-electron chi connectivity index (χ4n) is 3.51. The molecule has 2 unspecified atom stereocenters. The maximum Gasteiger partial charge on any atom is 0.224 e. The Balaban J connectivity index is 1.51. The number of rotatable bonds is 4. The summed E-state index contributed by atoms with van der Waals surface area (Å²) in [6.45, 7) is 0.0338. The van der Waals surface area contributed by atoms with Crippen molar-refractivity contribution in [2.45, 2.75) is 50.8 Å². The lowest BCUT2D eigenvalue weighted by Crippen LogP contribution is -2.39. The molecular formula is C16H22N2O2. The van der Waals surface area contributed by atoms with Crippen molar-refractivity contribution in [1.82, 2.24) is 5.32 Å². The van der Waals surface area contributed by atoms with Crippen LogP contribution >= 0.6 is 0 Å². The zero-order chi connectivity index (χ0) is 13.9. The molecule has 3 rings (SSSR count). The van der Waals surface area contributed by atoms with E-state index in [1.807, 2.05) is 24.3 Å². The van der Waals surface area contributed by atoms with E-state index in [9.17, 15) is 4.79 Å². The van der Waals surface area contributed by atoms with Crippen molar-refractivity contribution in [1.29, 1.82) is 0 Å². The molecule has 4 nitrogen and oxygen atoms in total. The van der Waals surface area contributed by atoms with Crippen LogP contribution in [0.25, 0.3) is 0 Å². The lowest BCUT2D eigenvalue weighted by atomic mass is 9.89. The third-order valence-electron chi connectivity index (χ3n) is 4.47. The Bertz CT molecular complexity index is 460. The Labute approximate surface area is 119 Å². The lowest BCUT2D eigenvalue weighted by Gasteiger charge is -2.28. The number of fused-ring (bicyclic) bond motifs is 2. The lowest BCUT2D eigenvalue weighted by molar-refractivity contribution is -0.117. The molecule has 0 saturated carbocycles. The summed E-state index contributed by atoms with van der Waals surface area (Å²) in [5.74, 6) is 0.624. The van der Waals surface area contributed by atoms with Crippen molar-refractivity contribution in [2.75, 3.05) is 5.32 Å². The number of benzene rings is 1. The predicted octanol–water partition coefficient (Wildman–Crippen LogP) is 2.04. The normalized spacial score (nSPS) is 28.4. The quantitative estimate of drug-likeness (QED) is 0.787. The van der Waals surface area contributed by atoms with Crippen LogP contribution in [0.3, 0.4) is 0 Å². The highest BCUT2D eigenvalue weighted by molar-refractivity contribution is 5.90. The highest BCUT2D eigenvalue weighted by Gasteiger charge is 2.34. The second kappa shape index (κ2) is 5.94. The van der Waals surface area contributed by atoms with Crippen LogP contribution in [0.15, 0.2) is 24.3 Å². The van der Waals surface area contributed by atoms with Crippen LogP contribution in [0.2, 0.25) is 0 Å². The van der Waals surface area contributed by atoms with E-state index in [1.165, 1.54) is 12.8 Å². The summed E-state index contributed by atoms with van der Waals surface area (Å²) in [6, 6.07) is 8.62. The molecule has 2 atom stereocenters. The molecule has 1 amide bonds. The Hall–Kier alpha value is -1.39. The van der Waals surface area contributed by atoms with Crippen molar-refractivity contribution in [3.05, 3.63) is 29.8 Å². The predicted molar refractivity (Wildman–Crippen MR) is 78.3 cm³/mol. The number of hydrogen-bond acceptors (Lipinski definition) is 3. The van der Waals surface area contributed by atoms with Gasteiger partial charge in [0.15, 0.2) is 0 Å². The van der Waals surface area contributed by atoms with Gasteiger partial charge >= 0.3 is 0 Å². The molecule has 2 saturated heterocycles. The van der Waals surface area contributed by atoms with Crippen molar-refractivity contribution < 1.29 is 9.90 Å². The Morgan fingerprint density at radius 2 is 1.85 bits per heavy atom.